The van der Waals surface area contributed by atoms with E-state index in [1.54, 1.807) is 16.8 Å². The summed E-state index contributed by atoms with van der Waals surface area (Å²) in [5, 5.41) is 1.05. The van der Waals surface area contributed by atoms with Crippen LogP contribution >= 0.6 is 0 Å². The molecule has 0 amide bonds. The van der Waals surface area contributed by atoms with Gasteiger partial charge in [0.15, 0.2) is 0 Å². The standard InChI is InChI=1S/C11H12N2O/c1-3-13-10(14)7-8(2)9-5-4-6-12-11(9)13/h4-7H,3H2,1-2H3. The first-order valence-corrected chi connectivity index (χ1v) is 4.69. The van der Waals surface area contributed by atoms with Gasteiger partial charge in [0, 0.05) is 24.2 Å². The molecule has 72 valence electrons. The van der Waals surface area contributed by atoms with E-state index in [9.17, 15) is 4.79 Å². The van der Waals surface area contributed by atoms with Crippen molar-refractivity contribution in [1.82, 2.24) is 9.55 Å². The molecular weight excluding hydrogens is 176 g/mol. The highest BCUT2D eigenvalue weighted by molar-refractivity contribution is 5.78. The van der Waals surface area contributed by atoms with Crippen molar-refractivity contribution < 1.29 is 0 Å². The molecule has 0 fully saturated rings. The summed E-state index contributed by atoms with van der Waals surface area (Å²) < 4.78 is 1.68. The fourth-order valence-corrected chi connectivity index (χ4v) is 1.67. The van der Waals surface area contributed by atoms with Gasteiger partial charge in [-0.2, -0.15) is 0 Å². The Labute approximate surface area is 82.0 Å². The number of hydrogen-bond donors (Lipinski definition) is 0. The number of aromatic nitrogens is 2. The first kappa shape index (κ1) is 8.94. The maximum absolute atomic E-state index is 11.6. The molecular formula is C11H12N2O. The maximum Gasteiger partial charge on any atom is 0.252 e. The topological polar surface area (TPSA) is 34.9 Å². The summed E-state index contributed by atoms with van der Waals surface area (Å²) in [6.07, 6.45) is 1.72. The summed E-state index contributed by atoms with van der Waals surface area (Å²) in [6.45, 7) is 4.54. The molecule has 3 heteroatoms. The molecule has 0 saturated heterocycles. The smallest absolute Gasteiger partial charge is 0.252 e. The third kappa shape index (κ3) is 1.21. The highest BCUT2D eigenvalue weighted by atomic mass is 16.1. The molecule has 0 aliphatic heterocycles. The first-order chi connectivity index (χ1) is 6.74. The molecule has 2 rings (SSSR count). The van der Waals surface area contributed by atoms with E-state index in [-0.39, 0.29) is 5.56 Å². The minimum absolute atomic E-state index is 0.0243. The van der Waals surface area contributed by atoms with Gasteiger partial charge in [-0.25, -0.2) is 4.98 Å². The Kier molecular flexibility index (Phi) is 2.08. The number of nitrogens with zero attached hydrogens (tertiary/aromatic N) is 2. The Bertz CT molecular complexity index is 528. The van der Waals surface area contributed by atoms with Crippen LogP contribution in [0.5, 0.6) is 0 Å². The molecule has 0 spiro atoms. The van der Waals surface area contributed by atoms with Crippen molar-refractivity contribution in [3.8, 4) is 0 Å². The lowest BCUT2D eigenvalue weighted by Gasteiger charge is -2.07. The van der Waals surface area contributed by atoms with Crippen LogP contribution in [0.3, 0.4) is 0 Å². The van der Waals surface area contributed by atoms with E-state index in [1.165, 1.54) is 0 Å². The minimum atomic E-state index is 0.0243. The van der Waals surface area contributed by atoms with Crippen molar-refractivity contribution in [2.24, 2.45) is 0 Å². The third-order valence-electron chi connectivity index (χ3n) is 2.39. The van der Waals surface area contributed by atoms with Gasteiger partial charge in [-0.05, 0) is 31.5 Å². The summed E-state index contributed by atoms with van der Waals surface area (Å²) in [6, 6.07) is 5.54. The van der Waals surface area contributed by atoms with Crippen LogP contribution in [0, 0.1) is 6.92 Å². The Balaban J connectivity index is 2.98. The van der Waals surface area contributed by atoms with E-state index >= 15 is 0 Å². The molecule has 0 atom stereocenters. The molecule has 2 aromatic heterocycles. The van der Waals surface area contributed by atoms with E-state index in [0.29, 0.717) is 6.54 Å². The zero-order valence-corrected chi connectivity index (χ0v) is 8.32. The van der Waals surface area contributed by atoms with Gasteiger partial charge in [0.25, 0.3) is 5.56 Å². The number of hydrogen-bond acceptors (Lipinski definition) is 2. The average molecular weight is 188 g/mol. The van der Waals surface area contributed by atoms with Crippen molar-refractivity contribution in [3.63, 3.8) is 0 Å². The molecule has 3 nitrogen and oxygen atoms in total. The van der Waals surface area contributed by atoms with Crippen molar-refractivity contribution in [2.75, 3.05) is 0 Å². The van der Waals surface area contributed by atoms with E-state index in [2.05, 4.69) is 4.98 Å². The van der Waals surface area contributed by atoms with Crippen LogP contribution in [-0.4, -0.2) is 9.55 Å². The fraction of sp³-hybridized carbons (Fsp3) is 0.273. The third-order valence-corrected chi connectivity index (χ3v) is 2.39. The second-order valence-electron chi connectivity index (χ2n) is 3.28. The molecule has 0 aliphatic carbocycles. The van der Waals surface area contributed by atoms with Crippen LogP contribution in [-0.2, 0) is 6.54 Å². The quantitative estimate of drug-likeness (QED) is 0.683. The lowest BCUT2D eigenvalue weighted by atomic mass is 10.2. The van der Waals surface area contributed by atoms with Gasteiger partial charge in [-0.15, -0.1) is 0 Å². The number of pyridine rings is 2. The predicted octanol–water partition coefficient (Wildman–Crippen LogP) is 1.72. The SMILES string of the molecule is CCn1c(=O)cc(C)c2cccnc21. The number of rotatable bonds is 1. The lowest BCUT2D eigenvalue weighted by molar-refractivity contribution is 0.748. The Morgan fingerprint density at radius 3 is 3.00 bits per heavy atom. The Morgan fingerprint density at radius 1 is 1.50 bits per heavy atom. The van der Waals surface area contributed by atoms with Crippen molar-refractivity contribution in [1.29, 1.82) is 0 Å². The molecule has 0 radical (unpaired) electrons. The first-order valence-electron chi connectivity index (χ1n) is 4.69. The van der Waals surface area contributed by atoms with Crippen molar-refractivity contribution in [3.05, 3.63) is 40.3 Å². The average Bonchev–Trinajstić information content (AvgIpc) is 2.18. The largest absolute Gasteiger partial charge is 0.293 e. The second-order valence-corrected chi connectivity index (χ2v) is 3.28. The van der Waals surface area contributed by atoms with E-state index in [1.807, 2.05) is 26.0 Å². The van der Waals surface area contributed by atoms with Gasteiger partial charge < -0.3 is 0 Å². The normalized spacial score (nSPS) is 10.7. The molecule has 14 heavy (non-hydrogen) atoms. The van der Waals surface area contributed by atoms with Gasteiger partial charge in [0.2, 0.25) is 0 Å². The van der Waals surface area contributed by atoms with Crippen LogP contribution in [0.25, 0.3) is 11.0 Å². The second kappa shape index (κ2) is 3.25. The van der Waals surface area contributed by atoms with Gasteiger partial charge in [-0.3, -0.25) is 9.36 Å². The Morgan fingerprint density at radius 2 is 2.29 bits per heavy atom. The molecule has 0 saturated carbocycles. The molecule has 0 bridgehead atoms. The zero-order chi connectivity index (χ0) is 10.1. The molecule has 0 unspecified atom stereocenters. The highest BCUT2D eigenvalue weighted by Gasteiger charge is 2.04. The van der Waals surface area contributed by atoms with Crippen molar-refractivity contribution in [2.45, 2.75) is 20.4 Å². The summed E-state index contributed by atoms with van der Waals surface area (Å²) >= 11 is 0. The predicted molar refractivity (Wildman–Crippen MR) is 56.4 cm³/mol. The van der Waals surface area contributed by atoms with Gasteiger partial charge in [-0.1, -0.05) is 0 Å². The zero-order valence-electron chi connectivity index (χ0n) is 8.32. The maximum atomic E-state index is 11.6. The van der Waals surface area contributed by atoms with Crippen LogP contribution in [0.15, 0.2) is 29.2 Å². The number of aryl methyl sites for hydroxylation is 2. The van der Waals surface area contributed by atoms with Crippen molar-refractivity contribution >= 4 is 11.0 Å². The summed E-state index contributed by atoms with van der Waals surface area (Å²) in [4.78, 5) is 15.8. The Hall–Kier alpha value is -1.64. The molecule has 0 N–H and O–H groups in total. The van der Waals surface area contributed by atoms with Crippen LogP contribution < -0.4 is 5.56 Å². The summed E-state index contributed by atoms with van der Waals surface area (Å²) in [5.41, 5.74) is 1.79. The summed E-state index contributed by atoms with van der Waals surface area (Å²) in [7, 11) is 0. The monoisotopic (exact) mass is 188 g/mol. The minimum Gasteiger partial charge on any atom is -0.293 e. The van der Waals surface area contributed by atoms with Gasteiger partial charge >= 0.3 is 0 Å². The van der Waals surface area contributed by atoms with E-state index in [0.717, 1.165) is 16.6 Å². The lowest BCUT2D eigenvalue weighted by Crippen LogP contribution is -2.19. The molecule has 2 heterocycles. The van der Waals surface area contributed by atoms with Gasteiger partial charge in [0.05, 0.1) is 0 Å². The molecule has 2 aromatic rings. The molecule has 0 aromatic carbocycles. The fourth-order valence-electron chi connectivity index (χ4n) is 1.67. The van der Waals surface area contributed by atoms with Crippen LogP contribution in [0.2, 0.25) is 0 Å². The summed E-state index contributed by atoms with van der Waals surface area (Å²) in [5.74, 6) is 0. The van der Waals surface area contributed by atoms with Gasteiger partial charge in [0.1, 0.15) is 5.65 Å². The van der Waals surface area contributed by atoms with Crippen LogP contribution in [0.4, 0.5) is 0 Å². The molecule has 0 aliphatic rings. The van der Waals surface area contributed by atoms with Crippen LogP contribution in [0.1, 0.15) is 12.5 Å². The van der Waals surface area contributed by atoms with E-state index in [4.69, 9.17) is 0 Å². The van der Waals surface area contributed by atoms with E-state index < -0.39 is 0 Å². The number of fused-ring (bicyclic) bond motifs is 1. The highest BCUT2D eigenvalue weighted by Crippen LogP contribution is 2.12.